The van der Waals surface area contributed by atoms with Crippen molar-refractivity contribution in [2.75, 3.05) is 0 Å². The van der Waals surface area contributed by atoms with Crippen LogP contribution in [0.1, 0.15) is 72.1 Å². The van der Waals surface area contributed by atoms with Crippen LogP contribution in [0, 0.1) is 5.41 Å². The standard InChI is InChI=1S/C14H27NO/c1-4-5-6-9-12(2)15-13(16)14(3)10-7-8-11-14/h12H,4-11H2,1-3H3,(H,15,16). The summed E-state index contributed by atoms with van der Waals surface area (Å²) in [5.74, 6) is 0.286. The van der Waals surface area contributed by atoms with Gasteiger partial charge in [-0.25, -0.2) is 0 Å². The Hall–Kier alpha value is -0.530. The summed E-state index contributed by atoms with van der Waals surface area (Å²) in [6.45, 7) is 6.46. The molecule has 1 fully saturated rings. The molecule has 2 heteroatoms. The number of hydrogen-bond donors (Lipinski definition) is 1. The van der Waals surface area contributed by atoms with Crippen molar-refractivity contribution in [1.82, 2.24) is 5.32 Å². The van der Waals surface area contributed by atoms with Gasteiger partial charge in [0.1, 0.15) is 0 Å². The molecule has 1 rings (SSSR count). The van der Waals surface area contributed by atoms with Crippen LogP contribution in [0.25, 0.3) is 0 Å². The zero-order valence-electron chi connectivity index (χ0n) is 11.1. The smallest absolute Gasteiger partial charge is 0.226 e. The van der Waals surface area contributed by atoms with E-state index in [4.69, 9.17) is 0 Å². The summed E-state index contributed by atoms with van der Waals surface area (Å²) >= 11 is 0. The average Bonchev–Trinajstić information content (AvgIpc) is 2.67. The second-order valence-corrected chi connectivity index (χ2v) is 5.64. The highest BCUT2D eigenvalue weighted by atomic mass is 16.2. The van der Waals surface area contributed by atoms with Crippen LogP contribution in [-0.4, -0.2) is 11.9 Å². The quantitative estimate of drug-likeness (QED) is 0.687. The largest absolute Gasteiger partial charge is 0.353 e. The number of hydrogen-bond acceptors (Lipinski definition) is 1. The minimum Gasteiger partial charge on any atom is -0.353 e. The number of unbranched alkanes of at least 4 members (excludes halogenated alkanes) is 2. The lowest BCUT2D eigenvalue weighted by molar-refractivity contribution is -0.130. The molecule has 16 heavy (non-hydrogen) atoms. The van der Waals surface area contributed by atoms with Gasteiger partial charge in [-0.3, -0.25) is 4.79 Å². The fourth-order valence-electron chi connectivity index (χ4n) is 2.55. The van der Waals surface area contributed by atoms with Gasteiger partial charge in [0.05, 0.1) is 0 Å². The molecule has 1 amide bonds. The molecule has 94 valence electrons. The summed E-state index contributed by atoms with van der Waals surface area (Å²) in [6, 6.07) is 0.344. The molecule has 2 nitrogen and oxygen atoms in total. The molecule has 0 saturated heterocycles. The Morgan fingerprint density at radius 1 is 1.31 bits per heavy atom. The van der Waals surface area contributed by atoms with Crippen molar-refractivity contribution in [3.63, 3.8) is 0 Å². The Balaban J connectivity index is 2.27. The van der Waals surface area contributed by atoms with Crippen LogP contribution in [0.15, 0.2) is 0 Å². The summed E-state index contributed by atoms with van der Waals surface area (Å²) in [7, 11) is 0. The Kier molecular flexibility index (Phi) is 5.30. The molecule has 0 spiro atoms. The third-order valence-electron chi connectivity index (χ3n) is 3.87. The average molecular weight is 225 g/mol. The fourth-order valence-corrected chi connectivity index (χ4v) is 2.55. The summed E-state index contributed by atoms with van der Waals surface area (Å²) < 4.78 is 0. The molecular weight excluding hydrogens is 198 g/mol. The fraction of sp³-hybridized carbons (Fsp3) is 0.929. The van der Waals surface area contributed by atoms with Gasteiger partial charge in [0.25, 0.3) is 0 Å². The zero-order chi connectivity index (χ0) is 12.0. The van der Waals surface area contributed by atoms with E-state index in [2.05, 4.69) is 26.1 Å². The van der Waals surface area contributed by atoms with E-state index in [1.807, 2.05) is 0 Å². The Labute approximate surface area is 100 Å². The lowest BCUT2D eigenvalue weighted by atomic mass is 9.87. The monoisotopic (exact) mass is 225 g/mol. The van der Waals surface area contributed by atoms with Gasteiger partial charge >= 0.3 is 0 Å². The van der Waals surface area contributed by atoms with Crippen LogP contribution in [0.2, 0.25) is 0 Å². The van der Waals surface area contributed by atoms with Gasteiger partial charge in [-0.15, -0.1) is 0 Å². The molecule has 1 aliphatic rings. The van der Waals surface area contributed by atoms with Crippen LogP contribution in [0.3, 0.4) is 0 Å². The molecule has 0 aromatic rings. The normalized spacial score (nSPS) is 20.7. The predicted octanol–water partition coefficient (Wildman–Crippen LogP) is 3.65. The lowest BCUT2D eigenvalue weighted by Gasteiger charge is -2.25. The maximum atomic E-state index is 12.1. The lowest BCUT2D eigenvalue weighted by Crippen LogP contribution is -2.41. The highest BCUT2D eigenvalue weighted by Gasteiger charge is 2.36. The van der Waals surface area contributed by atoms with Gasteiger partial charge in [-0.1, -0.05) is 46.0 Å². The van der Waals surface area contributed by atoms with Crippen molar-refractivity contribution in [2.24, 2.45) is 5.41 Å². The zero-order valence-corrected chi connectivity index (χ0v) is 11.1. The SMILES string of the molecule is CCCCCC(C)NC(=O)C1(C)CCCC1. The van der Waals surface area contributed by atoms with Crippen LogP contribution in [0.5, 0.6) is 0 Å². The minimum atomic E-state index is -0.0704. The van der Waals surface area contributed by atoms with Gasteiger partial charge in [0.2, 0.25) is 5.91 Å². The number of amides is 1. The van der Waals surface area contributed by atoms with Crippen molar-refractivity contribution < 1.29 is 4.79 Å². The van der Waals surface area contributed by atoms with E-state index in [0.29, 0.717) is 6.04 Å². The van der Waals surface area contributed by atoms with E-state index in [1.165, 1.54) is 32.1 Å². The third-order valence-corrected chi connectivity index (χ3v) is 3.87. The Morgan fingerprint density at radius 2 is 1.94 bits per heavy atom. The number of carbonyl (C=O) groups is 1. The number of nitrogens with one attached hydrogen (secondary N) is 1. The van der Waals surface area contributed by atoms with E-state index < -0.39 is 0 Å². The summed E-state index contributed by atoms with van der Waals surface area (Å²) in [5, 5.41) is 3.18. The van der Waals surface area contributed by atoms with Gasteiger partial charge in [-0.05, 0) is 26.2 Å². The predicted molar refractivity (Wildman–Crippen MR) is 68.3 cm³/mol. The molecular formula is C14H27NO. The molecule has 0 aromatic carbocycles. The highest BCUT2D eigenvalue weighted by Crippen LogP contribution is 2.37. The van der Waals surface area contributed by atoms with Crippen molar-refractivity contribution in [1.29, 1.82) is 0 Å². The molecule has 0 bridgehead atoms. The maximum absolute atomic E-state index is 12.1. The Morgan fingerprint density at radius 3 is 2.50 bits per heavy atom. The first-order chi connectivity index (χ1) is 7.58. The topological polar surface area (TPSA) is 29.1 Å². The molecule has 1 atom stereocenters. The minimum absolute atomic E-state index is 0.0704. The summed E-state index contributed by atoms with van der Waals surface area (Å²) in [5.41, 5.74) is -0.0704. The highest BCUT2D eigenvalue weighted by molar-refractivity contribution is 5.82. The second-order valence-electron chi connectivity index (χ2n) is 5.64. The molecule has 1 N–H and O–H groups in total. The van der Waals surface area contributed by atoms with Crippen molar-refractivity contribution in [3.8, 4) is 0 Å². The van der Waals surface area contributed by atoms with Crippen LogP contribution >= 0.6 is 0 Å². The third kappa shape index (κ3) is 3.80. The van der Waals surface area contributed by atoms with Gasteiger partial charge in [-0.2, -0.15) is 0 Å². The summed E-state index contributed by atoms with van der Waals surface area (Å²) in [4.78, 5) is 12.1. The molecule has 0 radical (unpaired) electrons. The molecule has 1 aliphatic carbocycles. The van der Waals surface area contributed by atoms with E-state index in [9.17, 15) is 4.79 Å². The molecule has 1 saturated carbocycles. The second kappa shape index (κ2) is 6.27. The van der Waals surface area contributed by atoms with Crippen molar-refractivity contribution >= 4 is 5.91 Å². The van der Waals surface area contributed by atoms with E-state index >= 15 is 0 Å². The van der Waals surface area contributed by atoms with Crippen molar-refractivity contribution in [3.05, 3.63) is 0 Å². The Bertz CT molecular complexity index is 219. The number of carbonyl (C=O) groups excluding carboxylic acids is 1. The number of rotatable bonds is 6. The van der Waals surface area contributed by atoms with Crippen LogP contribution < -0.4 is 5.32 Å². The molecule has 0 heterocycles. The van der Waals surface area contributed by atoms with E-state index in [1.54, 1.807) is 0 Å². The summed E-state index contributed by atoms with van der Waals surface area (Å²) in [6.07, 6.45) is 9.45. The van der Waals surface area contributed by atoms with Gasteiger partial charge in [0, 0.05) is 11.5 Å². The first-order valence-electron chi connectivity index (χ1n) is 6.89. The maximum Gasteiger partial charge on any atom is 0.226 e. The first-order valence-corrected chi connectivity index (χ1v) is 6.89. The van der Waals surface area contributed by atoms with E-state index in [-0.39, 0.29) is 11.3 Å². The van der Waals surface area contributed by atoms with Crippen LogP contribution in [0.4, 0.5) is 0 Å². The van der Waals surface area contributed by atoms with E-state index in [0.717, 1.165) is 19.3 Å². The molecule has 0 aromatic heterocycles. The molecule has 1 unspecified atom stereocenters. The van der Waals surface area contributed by atoms with Crippen molar-refractivity contribution in [2.45, 2.75) is 78.2 Å². The van der Waals surface area contributed by atoms with Crippen LogP contribution in [-0.2, 0) is 4.79 Å². The van der Waals surface area contributed by atoms with Gasteiger partial charge in [0.15, 0.2) is 0 Å². The molecule has 0 aliphatic heterocycles. The van der Waals surface area contributed by atoms with Gasteiger partial charge < -0.3 is 5.32 Å². The first kappa shape index (κ1) is 13.5.